The van der Waals surface area contributed by atoms with E-state index in [1.165, 1.54) is 22.3 Å². The number of aryl methyl sites for hydroxylation is 4. The number of rotatable bonds is 0. The molecule has 0 nitrogen and oxygen atoms in total. The first-order valence-corrected chi connectivity index (χ1v) is 9.64. The van der Waals surface area contributed by atoms with Crippen LogP contribution in [-0.2, 0) is 0 Å². The molecule has 0 fully saturated rings. The van der Waals surface area contributed by atoms with Crippen molar-refractivity contribution in [3.05, 3.63) is 144 Å². The lowest BCUT2D eigenvalue weighted by Gasteiger charge is -1.82. The highest BCUT2D eigenvalue weighted by molar-refractivity contribution is 5.13. The SMILES string of the molecule is C.C.Cc1ccccc1.Cc1ccccc1.Cc1ccccc1.Cc1ccccc1. The van der Waals surface area contributed by atoms with Crippen molar-refractivity contribution in [1.82, 2.24) is 0 Å². The maximum absolute atomic E-state index is 2.08. The fourth-order valence-electron chi connectivity index (χ4n) is 2.14. The summed E-state index contributed by atoms with van der Waals surface area (Å²) in [6.45, 7) is 8.33. The number of hydrogen-bond donors (Lipinski definition) is 0. The first kappa shape index (κ1) is 29.1. The molecule has 0 bridgehead atoms. The lowest BCUT2D eigenvalue weighted by atomic mass is 10.2. The van der Waals surface area contributed by atoms with Crippen LogP contribution in [0, 0.1) is 27.7 Å². The van der Waals surface area contributed by atoms with Crippen molar-refractivity contribution in [3.8, 4) is 0 Å². The Morgan fingerprint density at radius 1 is 0.267 bits per heavy atom. The molecule has 0 heterocycles. The van der Waals surface area contributed by atoms with Gasteiger partial charge in [0.2, 0.25) is 0 Å². The van der Waals surface area contributed by atoms with Gasteiger partial charge in [-0.25, -0.2) is 0 Å². The van der Waals surface area contributed by atoms with Gasteiger partial charge in [-0.05, 0) is 27.7 Å². The van der Waals surface area contributed by atoms with E-state index >= 15 is 0 Å². The third-order valence-corrected chi connectivity index (χ3v) is 3.76. The first-order valence-electron chi connectivity index (χ1n) is 9.64. The molecular formula is C30H40. The van der Waals surface area contributed by atoms with E-state index in [9.17, 15) is 0 Å². The third kappa shape index (κ3) is 17.0. The zero-order valence-electron chi connectivity index (χ0n) is 17.5. The molecule has 4 rings (SSSR count). The summed E-state index contributed by atoms with van der Waals surface area (Å²) in [5, 5.41) is 0. The minimum atomic E-state index is 0. The van der Waals surface area contributed by atoms with E-state index in [-0.39, 0.29) is 14.9 Å². The highest BCUT2D eigenvalue weighted by Crippen LogP contribution is 1.94. The smallest absolute Gasteiger partial charge is 0.0398 e. The molecule has 0 aliphatic carbocycles. The minimum Gasteiger partial charge on any atom is -0.0776 e. The topological polar surface area (TPSA) is 0 Å². The second-order valence-corrected chi connectivity index (χ2v) is 6.62. The summed E-state index contributed by atoms with van der Waals surface area (Å²) in [7, 11) is 0. The first-order chi connectivity index (χ1) is 13.6. The van der Waals surface area contributed by atoms with Crippen LogP contribution in [0.1, 0.15) is 37.1 Å². The van der Waals surface area contributed by atoms with Gasteiger partial charge in [0.1, 0.15) is 0 Å². The Hall–Kier alpha value is -3.12. The van der Waals surface area contributed by atoms with Crippen LogP contribution in [-0.4, -0.2) is 0 Å². The average molecular weight is 401 g/mol. The molecule has 0 aliphatic heterocycles. The van der Waals surface area contributed by atoms with E-state index in [4.69, 9.17) is 0 Å². The summed E-state index contributed by atoms with van der Waals surface area (Å²) >= 11 is 0. The average Bonchev–Trinajstić information content (AvgIpc) is 2.72. The van der Waals surface area contributed by atoms with E-state index in [1.807, 2.05) is 72.8 Å². The maximum atomic E-state index is 2.08. The van der Waals surface area contributed by atoms with Gasteiger partial charge in [-0.3, -0.25) is 0 Å². The molecule has 0 heteroatoms. The summed E-state index contributed by atoms with van der Waals surface area (Å²) in [4.78, 5) is 0. The van der Waals surface area contributed by atoms with Gasteiger partial charge >= 0.3 is 0 Å². The van der Waals surface area contributed by atoms with Gasteiger partial charge in [0.05, 0.1) is 0 Å². The van der Waals surface area contributed by atoms with Crippen molar-refractivity contribution in [1.29, 1.82) is 0 Å². The molecule has 0 aromatic heterocycles. The van der Waals surface area contributed by atoms with Gasteiger partial charge < -0.3 is 0 Å². The fourth-order valence-corrected chi connectivity index (χ4v) is 2.14. The molecule has 0 unspecified atom stereocenters. The normalized spacial score (nSPS) is 8.13. The fraction of sp³-hybridized carbons (Fsp3) is 0.200. The predicted molar refractivity (Wildman–Crippen MR) is 138 cm³/mol. The molecule has 30 heavy (non-hydrogen) atoms. The molecular weight excluding hydrogens is 360 g/mol. The van der Waals surface area contributed by atoms with Crippen LogP contribution in [0.3, 0.4) is 0 Å². The minimum absolute atomic E-state index is 0. The summed E-state index contributed by atoms with van der Waals surface area (Å²) in [6.07, 6.45) is 0. The van der Waals surface area contributed by atoms with Crippen LogP contribution in [0.2, 0.25) is 0 Å². The summed E-state index contributed by atoms with van der Waals surface area (Å²) in [5.74, 6) is 0. The second kappa shape index (κ2) is 19.2. The van der Waals surface area contributed by atoms with E-state index < -0.39 is 0 Å². The van der Waals surface area contributed by atoms with Gasteiger partial charge in [0.25, 0.3) is 0 Å². The van der Waals surface area contributed by atoms with Crippen LogP contribution in [0.4, 0.5) is 0 Å². The Bertz CT molecular complexity index is 670. The zero-order valence-corrected chi connectivity index (χ0v) is 17.5. The van der Waals surface area contributed by atoms with E-state index in [1.54, 1.807) is 0 Å². The van der Waals surface area contributed by atoms with Crippen LogP contribution >= 0.6 is 0 Å². The Kier molecular flexibility index (Phi) is 18.6. The Morgan fingerprint density at radius 3 is 0.467 bits per heavy atom. The molecule has 4 aromatic carbocycles. The van der Waals surface area contributed by atoms with Crippen LogP contribution < -0.4 is 0 Å². The largest absolute Gasteiger partial charge is 0.0776 e. The standard InChI is InChI=1S/4C7H8.2CH4/c4*1-7-5-3-2-4-6-7;;/h4*2-6H,1H3;2*1H4. The van der Waals surface area contributed by atoms with Gasteiger partial charge in [-0.1, -0.05) is 158 Å². The van der Waals surface area contributed by atoms with E-state index in [0.29, 0.717) is 0 Å². The van der Waals surface area contributed by atoms with E-state index in [0.717, 1.165) is 0 Å². The molecule has 0 amide bonds. The van der Waals surface area contributed by atoms with Crippen LogP contribution in [0.15, 0.2) is 121 Å². The van der Waals surface area contributed by atoms with Crippen molar-refractivity contribution in [2.45, 2.75) is 42.5 Å². The highest BCUT2D eigenvalue weighted by atomic mass is 13.8. The molecule has 0 spiro atoms. The lowest BCUT2D eigenvalue weighted by Crippen LogP contribution is -1.62. The summed E-state index contributed by atoms with van der Waals surface area (Å²) in [5.41, 5.74) is 5.29. The Morgan fingerprint density at radius 2 is 0.400 bits per heavy atom. The molecule has 0 radical (unpaired) electrons. The van der Waals surface area contributed by atoms with Crippen molar-refractivity contribution in [2.24, 2.45) is 0 Å². The van der Waals surface area contributed by atoms with Crippen molar-refractivity contribution >= 4 is 0 Å². The van der Waals surface area contributed by atoms with Gasteiger partial charge in [0.15, 0.2) is 0 Å². The van der Waals surface area contributed by atoms with Gasteiger partial charge in [-0.2, -0.15) is 0 Å². The monoisotopic (exact) mass is 400 g/mol. The van der Waals surface area contributed by atoms with Crippen LogP contribution in [0.25, 0.3) is 0 Å². The molecule has 4 aromatic rings. The molecule has 0 atom stereocenters. The lowest BCUT2D eigenvalue weighted by molar-refractivity contribution is 1.48. The molecule has 160 valence electrons. The summed E-state index contributed by atoms with van der Waals surface area (Å²) < 4.78 is 0. The van der Waals surface area contributed by atoms with E-state index in [2.05, 4.69) is 76.2 Å². The Balaban J connectivity index is 0. The van der Waals surface area contributed by atoms with Crippen molar-refractivity contribution in [3.63, 3.8) is 0 Å². The third-order valence-electron chi connectivity index (χ3n) is 3.76. The quantitative estimate of drug-likeness (QED) is 0.276. The van der Waals surface area contributed by atoms with Crippen molar-refractivity contribution in [2.75, 3.05) is 0 Å². The highest BCUT2D eigenvalue weighted by Gasteiger charge is 1.74. The number of hydrogen-bond acceptors (Lipinski definition) is 0. The summed E-state index contributed by atoms with van der Waals surface area (Å²) in [6, 6.07) is 41.0. The molecule has 0 aliphatic rings. The second-order valence-electron chi connectivity index (χ2n) is 6.62. The Labute approximate surface area is 186 Å². The predicted octanol–water partition coefficient (Wildman–Crippen LogP) is 9.25. The van der Waals surface area contributed by atoms with Gasteiger partial charge in [0, 0.05) is 0 Å². The zero-order chi connectivity index (χ0) is 20.5. The number of benzene rings is 4. The van der Waals surface area contributed by atoms with Crippen LogP contribution in [0.5, 0.6) is 0 Å². The molecule has 0 N–H and O–H groups in total. The van der Waals surface area contributed by atoms with Gasteiger partial charge in [-0.15, -0.1) is 0 Å². The van der Waals surface area contributed by atoms with Crippen molar-refractivity contribution < 1.29 is 0 Å². The maximum Gasteiger partial charge on any atom is -0.0398 e. The molecule has 0 saturated heterocycles. The molecule has 0 saturated carbocycles.